The zero-order valence-corrected chi connectivity index (χ0v) is 14.0. The van der Waals surface area contributed by atoms with Crippen molar-refractivity contribution < 1.29 is 9.72 Å². The van der Waals surface area contributed by atoms with E-state index in [1.54, 1.807) is 0 Å². The number of aldehydes is 1. The van der Waals surface area contributed by atoms with Gasteiger partial charge in [-0.25, -0.2) is 4.98 Å². The van der Waals surface area contributed by atoms with Crippen LogP contribution in [0.2, 0.25) is 0 Å². The lowest BCUT2D eigenvalue weighted by Gasteiger charge is -2.20. The van der Waals surface area contributed by atoms with E-state index in [1.165, 1.54) is 23.9 Å². The summed E-state index contributed by atoms with van der Waals surface area (Å²) in [6.07, 6.45) is 2.27. The van der Waals surface area contributed by atoms with E-state index < -0.39 is 10.2 Å². The molecule has 0 saturated heterocycles. The minimum absolute atomic E-state index is 0.0299. The van der Waals surface area contributed by atoms with Gasteiger partial charge in [0.25, 0.3) is 0 Å². The van der Waals surface area contributed by atoms with E-state index in [0.29, 0.717) is 0 Å². The van der Waals surface area contributed by atoms with E-state index in [2.05, 4.69) is 25.8 Å². The molecule has 0 saturated carbocycles. The van der Waals surface area contributed by atoms with E-state index in [9.17, 15) is 14.9 Å². The van der Waals surface area contributed by atoms with Gasteiger partial charge in [0.05, 0.1) is 10.2 Å². The van der Waals surface area contributed by atoms with Gasteiger partial charge in [-0.3, -0.25) is 10.1 Å². The van der Waals surface area contributed by atoms with E-state index in [1.807, 2.05) is 24.3 Å². The maximum Gasteiger partial charge on any atom is 0.301 e. The molecule has 6 heteroatoms. The van der Waals surface area contributed by atoms with Crippen LogP contribution in [0.4, 0.5) is 5.69 Å². The quantitative estimate of drug-likeness (QED) is 0.353. The number of nitro groups is 1. The van der Waals surface area contributed by atoms with Crippen LogP contribution in [-0.4, -0.2) is 16.2 Å². The maximum absolute atomic E-state index is 11.5. The molecular weight excluding hydrogens is 312 g/mol. The van der Waals surface area contributed by atoms with Crippen molar-refractivity contribution in [3.8, 4) is 0 Å². The molecule has 0 radical (unpaired) electrons. The summed E-state index contributed by atoms with van der Waals surface area (Å²) >= 11 is 1.09. The summed E-state index contributed by atoms with van der Waals surface area (Å²) in [5.41, 5.74) is 1.91. The first kappa shape index (κ1) is 17.1. The second-order valence-corrected chi connectivity index (χ2v) is 7.26. The van der Waals surface area contributed by atoms with Crippen molar-refractivity contribution in [2.45, 2.75) is 36.5 Å². The molecule has 0 amide bonds. The number of aromatic nitrogens is 1. The Morgan fingerprint density at radius 1 is 1.22 bits per heavy atom. The zero-order valence-electron chi connectivity index (χ0n) is 13.2. The third kappa shape index (κ3) is 4.16. The predicted molar refractivity (Wildman–Crippen MR) is 90.7 cm³/mol. The van der Waals surface area contributed by atoms with Crippen LogP contribution in [0.3, 0.4) is 0 Å². The van der Waals surface area contributed by atoms with Crippen molar-refractivity contribution in [2.24, 2.45) is 0 Å². The third-order valence-electron chi connectivity index (χ3n) is 3.42. The molecular formula is C17H18N2O3S. The van der Waals surface area contributed by atoms with Crippen LogP contribution >= 0.6 is 11.8 Å². The van der Waals surface area contributed by atoms with Gasteiger partial charge in [-0.1, -0.05) is 56.8 Å². The summed E-state index contributed by atoms with van der Waals surface area (Å²) in [6, 6.07) is 10.7. The Bertz CT molecular complexity index is 709. The fourth-order valence-corrected chi connectivity index (χ4v) is 3.05. The number of thioether (sulfide) groups is 1. The lowest BCUT2D eigenvalue weighted by Crippen LogP contribution is -2.11. The summed E-state index contributed by atoms with van der Waals surface area (Å²) in [4.78, 5) is 26.0. The van der Waals surface area contributed by atoms with Crippen LogP contribution in [0.15, 0.2) is 47.6 Å². The highest BCUT2D eigenvalue weighted by atomic mass is 32.2. The van der Waals surface area contributed by atoms with Crippen molar-refractivity contribution in [3.05, 3.63) is 63.8 Å². The number of rotatable bonds is 5. The molecule has 5 nitrogen and oxygen atoms in total. The van der Waals surface area contributed by atoms with Gasteiger partial charge in [-0.2, -0.15) is 0 Å². The molecule has 0 bridgehead atoms. The standard InChI is InChI=1S/C17H18N2O3S/c1-17(2,3)13-8-6-12(7-9-13)15(11-20)23-16-14(19(21)22)5-4-10-18-16/h4-11,15H,1-3H3. The van der Waals surface area contributed by atoms with E-state index in [0.717, 1.165) is 23.6 Å². The first-order chi connectivity index (χ1) is 10.8. The van der Waals surface area contributed by atoms with Gasteiger partial charge in [-0.05, 0) is 22.6 Å². The molecule has 1 heterocycles. The maximum atomic E-state index is 11.5. The highest BCUT2D eigenvalue weighted by Crippen LogP contribution is 2.37. The van der Waals surface area contributed by atoms with Crippen LogP contribution in [0.25, 0.3) is 0 Å². The van der Waals surface area contributed by atoms with Crippen LogP contribution in [0, 0.1) is 10.1 Å². The SMILES string of the molecule is CC(C)(C)c1ccc(C(C=O)Sc2ncccc2[N+](=O)[O-])cc1. The third-order valence-corrected chi connectivity index (χ3v) is 4.59. The van der Waals surface area contributed by atoms with E-state index in [-0.39, 0.29) is 16.1 Å². The van der Waals surface area contributed by atoms with Crippen LogP contribution < -0.4 is 0 Å². The molecule has 0 aliphatic carbocycles. The summed E-state index contributed by atoms with van der Waals surface area (Å²) in [5, 5.41) is 10.8. The minimum atomic E-state index is -0.530. The molecule has 0 N–H and O–H groups in total. The van der Waals surface area contributed by atoms with E-state index in [4.69, 9.17) is 0 Å². The molecule has 1 atom stereocenters. The van der Waals surface area contributed by atoms with Gasteiger partial charge in [-0.15, -0.1) is 0 Å². The topological polar surface area (TPSA) is 73.1 Å². The summed E-state index contributed by atoms with van der Waals surface area (Å²) in [7, 11) is 0. The Balaban J connectivity index is 2.28. The second kappa shape index (κ2) is 6.91. The number of carbonyl (C=O) groups excluding carboxylic acids is 1. The van der Waals surface area contributed by atoms with Gasteiger partial charge in [0, 0.05) is 12.3 Å². The Morgan fingerprint density at radius 2 is 1.87 bits per heavy atom. The minimum Gasteiger partial charge on any atom is -0.302 e. The number of nitrogens with zero attached hydrogens (tertiary/aromatic N) is 2. The van der Waals surface area contributed by atoms with Crippen molar-refractivity contribution in [3.63, 3.8) is 0 Å². The van der Waals surface area contributed by atoms with Gasteiger partial charge < -0.3 is 4.79 Å². The van der Waals surface area contributed by atoms with Crippen LogP contribution in [0.1, 0.15) is 37.1 Å². The van der Waals surface area contributed by atoms with Gasteiger partial charge >= 0.3 is 5.69 Å². The summed E-state index contributed by atoms with van der Waals surface area (Å²) in [6.45, 7) is 6.35. The van der Waals surface area contributed by atoms with Crippen LogP contribution in [0.5, 0.6) is 0 Å². The first-order valence-electron chi connectivity index (χ1n) is 7.14. The molecule has 23 heavy (non-hydrogen) atoms. The highest BCUT2D eigenvalue weighted by molar-refractivity contribution is 8.00. The number of hydrogen-bond donors (Lipinski definition) is 0. The first-order valence-corrected chi connectivity index (χ1v) is 8.02. The van der Waals surface area contributed by atoms with Crippen molar-refractivity contribution in [1.29, 1.82) is 0 Å². The second-order valence-electron chi connectivity index (χ2n) is 6.13. The molecule has 0 aliphatic rings. The lowest BCUT2D eigenvalue weighted by atomic mass is 9.86. The Morgan fingerprint density at radius 3 is 2.39 bits per heavy atom. The molecule has 0 spiro atoms. The predicted octanol–water partition coefficient (Wildman–Crippen LogP) is 4.32. The Kier molecular flexibility index (Phi) is 5.15. The molecule has 1 aromatic carbocycles. The molecule has 0 aliphatic heterocycles. The normalized spacial score (nSPS) is 12.7. The van der Waals surface area contributed by atoms with Crippen molar-refractivity contribution in [1.82, 2.24) is 4.98 Å². The van der Waals surface area contributed by atoms with Crippen molar-refractivity contribution >= 4 is 23.7 Å². The van der Waals surface area contributed by atoms with E-state index >= 15 is 0 Å². The molecule has 1 unspecified atom stereocenters. The monoisotopic (exact) mass is 330 g/mol. The van der Waals surface area contributed by atoms with Crippen molar-refractivity contribution in [2.75, 3.05) is 0 Å². The van der Waals surface area contributed by atoms with Gasteiger partial charge in [0.2, 0.25) is 0 Å². The lowest BCUT2D eigenvalue weighted by molar-refractivity contribution is -0.388. The number of carbonyl (C=O) groups is 1. The number of hydrogen-bond acceptors (Lipinski definition) is 5. The number of pyridine rings is 1. The molecule has 2 aromatic rings. The Hall–Kier alpha value is -2.21. The molecule has 0 fully saturated rings. The average Bonchev–Trinajstić information content (AvgIpc) is 2.52. The van der Waals surface area contributed by atoms with Gasteiger partial charge in [0.1, 0.15) is 6.29 Å². The van der Waals surface area contributed by atoms with Gasteiger partial charge in [0.15, 0.2) is 5.03 Å². The fourth-order valence-electron chi connectivity index (χ4n) is 2.08. The summed E-state index contributed by atoms with van der Waals surface area (Å²) < 4.78 is 0. The molecule has 1 aromatic heterocycles. The fraction of sp³-hybridized carbons (Fsp3) is 0.294. The Labute approximate surface area is 139 Å². The highest BCUT2D eigenvalue weighted by Gasteiger charge is 2.21. The zero-order chi connectivity index (χ0) is 17.0. The van der Waals surface area contributed by atoms with Crippen LogP contribution in [-0.2, 0) is 10.2 Å². The summed E-state index contributed by atoms with van der Waals surface area (Å²) in [5.74, 6) is 0. The molecule has 120 valence electrons. The molecule has 2 rings (SSSR count). The smallest absolute Gasteiger partial charge is 0.301 e. The number of benzene rings is 1. The average molecular weight is 330 g/mol. The largest absolute Gasteiger partial charge is 0.302 e.